The van der Waals surface area contributed by atoms with Crippen LogP contribution >= 0.6 is 0 Å². The van der Waals surface area contributed by atoms with E-state index >= 15 is 0 Å². The first-order valence-corrected chi connectivity index (χ1v) is 22.7. The van der Waals surface area contributed by atoms with Crippen molar-refractivity contribution in [2.24, 2.45) is 23.7 Å². The number of ether oxygens (including phenoxy) is 9. The fourth-order valence-electron chi connectivity index (χ4n) is 9.51. The zero-order valence-electron chi connectivity index (χ0n) is 39.7. The summed E-state index contributed by atoms with van der Waals surface area (Å²) < 4.78 is 54.7. The molecule has 0 radical (unpaired) electrons. The minimum Gasteiger partial charge on any atom is -0.462 e. The topological polar surface area (TPSA) is 239 Å². The number of nitrogens with zero attached hydrogens (tertiary/aromatic N) is 1. The molecule has 0 aromatic rings. The van der Waals surface area contributed by atoms with Gasteiger partial charge < -0.3 is 77.9 Å². The van der Waals surface area contributed by atoms with Gasteiger partial charge in [-0.3, -0.25) is 9.59 Å². The first-order chi connectivity index (χ1) is 30.1. The van der Waals surface area contributed by atoms with Crippen molar-refractivity contribution in [3.05, 3.63) is 23.8 Å². The maximum Gasteiger partial charge on any atom is 0.308 e. The average molecular weight is 916 g/mol. The molecule has 18 heteroatoms. The van der Waals surface area contributed by atoms with E-state index in [4.69, 9.17) is 42.6 Å². The van der Waals surface area contributed by atoms with Gasteiger partial charge in [0.05, 0.1) is 55.2 Å². The third-order valence-corrected chi connectivity index (χ3v) is 13.4. The van der Waals surface area contributed by atoms with Gasteiger partial charge in [0.15, 0.2) is 24.7 Å². The molecule has 0 bridgehead atoms. The van der Waals surface area contributed by atoms with Crippen LogP contribution in [0.4, 0.5) is 0 Å². The van der Waals surface area contributed by atoms with Crippen LogP contribution < -0.4 is 0 Å². The monoisotopic (exact) mass is 916 g/mol. The molecule has 0 aromatic carbocycles. The van der Waals surface area contributed by atoms with Crippen LogP contribution in [-0.2, 0) is 57.0 Å². The Balaban J connectivity index is 1.62. The lowest BCUT2D eigenvalue weighted by molar-refractivity contribution is -0.341. The summed E-state index contributed by atoms with van der Waals surface area (Å²) in [6, 6.07) is -0.748. The Labute approximate surface area is 378 Å². The summed E-state index contributed by atoms with van der Waals surface area (Å²) in [7, 11) is 6.43. The highest BCUT2D eigenvalue weighted by molar-refractivity contribution is 5.91. The predicted octanol–water partition coefficient (Wildman–Crippen LogP) is 1.83. The fourth-order valence-corrected chi connectivity index (χ4v) is 9.51. The van der Waals surface area contributed by atoms with Gasteiger partial charge in [0.2, 0.25) is 0 Å². The van der Waals surface area contributed by atoms with Crippen LogP contribution in [0.15, 0.2) is 23.8 Å². The first-order valence-electron chi connectivity index (χ1n) is 22.7. The Morgan fingerprint density at radius 3 is 2.11 bits per heavy atom. The van der Waals surface area contributed by atoms with Gasteiger partial charge in [0, 0.05) is 44.8 Å². The van der Waals surface area contributed by atoms with Crippen LogP contribution in [0, 0.1) is 23.7 Å². The van der Waals surface area contributed by atoms with Gasteiger partial charge in [-0.25, -0.2) is 0 Å². The maximum atomic E-state index is 13.8. The molecule has 0 saturated carbocycles. The third-order valence-electron chi connectivity index (χ3n) is 13.4. The second-order valence-electron chi connectivity index (χ2n) is 18.7. The van der Waals surface area contributed by atoms with Crippen LogP contribution in [0.2, 0.25) is 0 Å². The van der Waals surface area contributed by atoms with Crippen molar-refractivity contribution in [2.75, 3.05) is 34.9 Å². The number of aliphatic hydroxyl groups is 5. The molecule has 0 amide bonds. The molecule has 1 unspecified atom stereocenters. The molecule has 5 N–H and O–H groups in total. The molecule has 0 spiro atoms. The lowest BCUT2D eigenvalue weighted by atomic mass is 9.79. The molecule has 4 aliphatic heterocycles. The normalized spacial score (nSPS) is 45.9. The van der Waals surface area contributed by atoms with Crippen LogP contribution in [-0.4, -0.2) is 187 Å². The quantitative estimate of drug-likeness (QED) is 0.131. The lowest BCUT2D eigenvalue weighted by Crippen LogP contribution is -2.65. The highest BCUT2D eigenvalue weighted by atomic mass is 16.7. The number of methoxy groups -OCH3 is 2. The SMILES string of the molecule is CC[C@H]1OC(=O)C[C@@H](O)[C@H](C)[C@@H](O[C@@H]2O[C@H](C)[C@@H](O[C@H]3C[C@@](C)(O)[C@@H](O)[C@H](C)O3)[C@H](N(C)C)[C@H]2O)[C@@H](CC=O)C[C@@H](C)C(=O)/C=C/C(C)=C/C1CO[C@@H]1O[C@H](C)[C@H](O)[C@@H](OC)[C@H]1OC. The van der Waals surface area contributed by atoms with Crippen LogP contribution in [0.5, 0.6) is 0 Å². The number of hydrogen-bond donors (Lipinski definition) is 5. The summed E-state index contributed by atoms with van der Waals surface area (Å²) in [5, 5.41) is 55.8. The van der Waals surface area contributed by atoms with E-state index in [0.29, 0.717) is 12.0 Å². The molecule has 3 saturated heterocycles. The Morgan fingerprint density at radius 1 is 0.859 bits per heavy atom. The largest absolute Gasteiger partial charge is 0.462 e. The molecule has 4 heterocycles. The number of cyclic esters (lactones) is 1. The molecule has 21 atom stereocenters. The van der Waals surface area contributed by atoms with E-state index in [9.17, 15) is 39.9 Å². The number of rotatable bonds is 13. The van der Waals surface area contributed by atoms with Gasteiger partial charge in [-0.15, -0.1) is 0 Å². The van der Waals surface area contributed by atoms with E-state index in [0.717, 1.165) is 6.29 Å². The minimum absolute atomic E-state index is 0.00788. The van der Waals surface area contributed by atoms with Gasteiger partial charge in [0.1, 0.15) is 49.0 Å². The highest BCUT2D eigenvalue weighted by Gasteiger charge is 2.52. The van der Waals surface area contributed by atoms with E-state index < -0.39 is 140 Å². The van der Waals surface area contributed by atoms with Crippen LogP contribution in [0.3, 0.4) is 0 Å². The van der Waals surface area contributed by atoms with Gasteiger partial charge in [-0.05, 0) is 73.5 Å². The number of aldehydes is 1. The van der Waals surface area contributed by atoms with E-state index in [-0.39, 0.29) is 31.7 Å². The summed E-state index contributed by atoms with van der Waals surface area (Å²) in [5.74, 6) is -3.59. The van der Waals surface area contributed by atoms with E-state index in [1.165, 1.54) is 27.2 Å². The summed E-state index contributed by atoms with van der Waals surface area (Å²) in [4.78, 5) is 41.5. The van der Waals surface area contributed by atoms with Gasteiger partial charge in [-0.2, -0.15) is 0 Å². The zero-order valence-corrected chi connectivity index (χ0v) is 39.7. The fraction of sp³-hybridized carbons (Fsp3) is 0.848. The standard InChI is InChI=1S/C46H77NO17/c1-13-33-30(22-58-45-42(57-12)41(56-11)37(52)26(5)60-45)18-23(2)14-15-31(49)24(3)19-29(16-17-48)39(25(4)32(50)20-34(51)62-33)64-44-38(53)36(47(9)10)40(27(6)61-44)63-35-21-46(8,55)43(54)28(7)59-35/h14-15,17-18,24-30,32-33,35-45,50,52-55H,13,16,19-22H2,1-12H3/b15-14+,23-18+/t24-,25+,26-,27-,28+,29+,30?,32-,33-,35+,36-,37+,38-,39-,40-,41-,42-,43+,44+,45-,46-/m1/s1. The zero-order chi connectivity index (χ0) is 47.8. The number of carbonyl (C=O) groups is 3. The summed E-state index contributed by atoms with van der Waals surface area (Å²) in [6.07, 6.45) is -8.49. The number of allylic oxidation sites excluding steroid dienone is 3. The second kappa shape index (κ2) is 24.1. The van der Waals surface area contributed by atoms with Crippen molar-refractivity contribution in [2.45, 2.75) is 191 Å². The Morgan fingerprint density at radius 2 is 1.52 bits per heavy atom. The number of likely N-dealkylation sites (N-methyl/N-ethyl adjacent to an activating group) is 1. The number of aliphatic hydroxyl groups excluding tert-OH is 4. The Bertz CT molecular complexity index is 1560. The molecular weight excluding hydrogens is 838 g/mol. The smallest absolute Gasteiger partial charge is 0.308 e. The number of ketones is 1. The molecule has 4 rings (SSSR count). The van der Waals surface area contributed by atoms with Crippen molar-refractivity contribution in [1.82, 2.24) is 4.90 Å². The molecule has 18 nitrogen and oxygen atoms in total. The molecular formula is C46H77NO17. The maximum absolute atomic E-state index is 13.8. The summed E-state index contributed by atoms with van der Waals surface area (Å²) in [6.45, 7) is 13.6. The van der Waals surface area contributed by atoms with E-state index in [1.54, 1.807) is 59.7 Å². The lowest BCUT2D eigenvalue weighted by Gasteiger charge is -2.50. The molecule has 3 fully saturated rings. The van der Waals surface area contributed by atoms with Crippen molar-refractivity contribution >= 4 is 18.0 Å². The number of carbonyl (C=O) groups excluding carboxylic acids is 3. The van der Waals surface area contributed by atoms with Crippen LogP contribution in [0.25, 0.3) is 0 Å². The first kappa shape index (κ1) is 54.3. The van der Waals surface area contributed by atoms with Gasteiger partial charge in [-0.1, -0.05) is 38.5 Å². The van der Waals surface area contributed by atoms with E-state index in [2.05, 4.69) is 0 Å². The summed E-state index contributed by atoms with van der Waals surface area (Å²) >= 11 is 0. The van der Waals surface area contributed by atoms with Gasteiger partial charge in [0.25, 0.3) is 0 Å². The van der Waals surface area contributed by atoms with Crippen molar-refractivity contribution in [3.63, 3.8) is 0 Å². The molecule has 64 heavy (non-hydrogen) atoms. The predicted molar refractivity (Wildman–Crippen MR) is 230 cm³/mol. The Hall–Kier alpha value is -2.27. The van der Waals surface area contributed by atoms with Crippen molar-refractivity contribution < 1.29 is 82.5 Å². The van der Waals surface area contributed by atoms with E-state index in [1.807, 2.05) is 19.9 Å². The highest BCUT2D eigenvalue weighted by Crippen LogP contribution is 2.37. The number of esters is 1. The van der Waals surface area contributed by atoms with Gasteiger partial charge >= 0.3 is 5.97 Å². The Kier molecular flexibility index (Phi) is 20.5. The minimum atomic E-state index is -1.49. The molecule has 0 aromatic heterocycles. The van der Waals surface area contributed by atoms with Crippen LogP contribution in [0.1, 0.15) is 87.5 Å². The molecule has 0 aliphatic carbocycles. The van der Waals surface area contributed by atoms with Crippen molar-refractivity contribution in [3.8, 4) is 0 Å². The van der Waals surface area contributed by atoms with Crippen molar-refractivity contribution in [1.29, 1.82) is 0 Å². The second-order valence-corrected chi connectivity index (χ2v) is 18.7. The molecule has 368 valence electrons. The third kappa shape index (κ3) is 13.5. The summed E-state index contributed by atoms with van der Waals surface area (Å²) in [5.41, 5.74) is -0.806. The number of hydrogen-bond acceptors (Lipinski definition) is 18. The average Bonchev–Trinajstić information content (AvgIpc) is 3.23. The molecule has 4 aliphatic rings.